The second kappa shape index (κ2) is 4.88. The van der Waals surface area contributed by atoms with E-state index in [2.05, 4.69) is 0 Å². The van der Waals surface area contributed by atoms with E-state index in [1.54, 1.807) is 19.1 Å². The van der Waals surface area contributed by atoms with Gasteiger partial charge in [-0.1, -0.05) is 6.07 Å². The molecule has 0 fully saturated rings. The molecule has 0 N–H and O–H groups in total. The number of hydrogen-bond acceptors (Lipinski definition) is 1. The standard InChI is InChI=1S/C13H11ClF2O/c1-8-5-6-13(17-8)10(14)7-9-11(15)3-2-4-12(9)16/h2-6,10H,7H2,1H3. The van der Waals surface area contributed by atoms with Gasteiger partial charge in [-0.15, -0.1) is 11.6 Å². The van der Waals surface area contributed by atoms with Crippen LogP contribution < -0.4 is 0 Å². The maximum Gasteiger partial charge on any atom is 0.129 e. The van der Waals surface area contributed by atoms with Crippen molar-refractivity contribution in [1.29, 1.82) is 0 Å². The van der Waals surface area contributed by atoms with Gasteiger partial charge in [-0.3, -0.25) is 0 Å². The molecule has 1 unspecified atom stereocenters. The first-order valence-electron chi connectivity index (χ1n) is 5.21. The van der Waals surface area contributed by atoms with E-state index in [9.17, 15) is 8.78 Å². The molecule has 0 radical (unpaired) electrons. The van der Waals surface area contributed by atoms with Crippen molar-refractivity contribution in [1.82, 2.24) is 0 Å². The zero-order valence-corrected chi connectivity index (χ0v) is 9.97. The van der Waals surface area contributed by atoms with E-state index in [1.807, 2.05) is 0 Å². The maximum absolute atomic E-state index is 13.4. The Hall–Kier alpha value is -1.35. The third-order valence-electron chi connectivity index (χ3n) is 2.51. The minimum absolute atomic E-state index is 0.0125. The lowest BCUT2D eigenvalue weighted by Crippen LogP contribution is -2.00. The monoisotopic (exact) mass is 256 g/mol. The molecule has 1 nitrogen and oxygen atoms in total. The predicted octanol–water partition coefficient (Wildman–Crippen LogP) is 4.39. The van der Waals surface area contributed by atoms with Gasteiger partial charge >= 0.3 is 0 Å². The predicted molar refractivity (Wildman–Crippen MR) is 62.1 cm³/mol. The SMILES string of the molecule is Cc1ccc(C(Cl)Cc2c(F)cccc2F)o1. The number of hydrogen-bond donors (Lipinski definition) is 0. The number of rotatable bonds is 3. The van der Waals surface area contributed by atoms with Crippen LogP contribution in [0.25, 0.3) is 0 Å². The molecule has 0 aliphatic rings. The summed E-state index contributed by atoms with van der Waals surface area (Å²) in [5, 5.41) is -0.574. The quantitative estimate of drug-likeness (QED) is 0.743. The largest absolute Gasteiger partial charge is 0.465 e. The Labute approximate surface area is 103 Å². The Balaban J connectivity index is 2.21. The zero-order valence-electron chi connectivity index (χ0n) is 9.21. The number of benzene rings is 1. The fourth-order valence-electron chi connectivity index (χ4n) is 1.63. The Kier molecular flexibility index (Phi) is 3.48. The molecule has 2 rings (SSSR count). The number of furan rings is 1. The van der Waals surface area contributed by atoms with Gasteiger partial charge in [-0.2, -0.15) is 0 Å². The fourth-order valence-corrected chi connectivity index (χ4v) is 1.90. The molecule has 2 aromatic rings. The van der Waals surface area contributed by atoms with Gasteiger partial charge in [0.25, 0.3) is 0 Å². The minimum Gasteiger partial charge on any atom is -0.465 e. The van der Waals surface area contributed by atoms with Gasteiger partial charge in [0.2, 0.25) is 0 Å². The van der Waals surface area contributed by atoms with Gasteiger partial charge in [-0.05, 0) is 31.2 Å². The molecule has 0 amide bonds. The summed E-state index contributed by atoms with van der Waals surface area (Å²) in [6.45, 7) is 1.79. The Morgan fingerprint density at radius 1 is 1.18 bits per heavy atom. The van der Waals surface area contributed by atoms with Gasteiger partial charge in [0, 0.05) is 12.0 Å². The second-order valence-corrected chi connectivity index (χ2v) is 4.35. The number of halogens is 3. The van der Waals surface area contributed by atoms with E-state index >= 15 is 0 Å². The third-order valence-corrected chi connectivity index (χ3v) is 2.88. The van der Waals surface area contributed by atoms with Gasteiger partial charge in [0.15, 0.2) is 0 Å². The Morgan fingerprint density at radius 3 is 2.35 bits per heavy atom. The summed E-state index contributed by atoms with van der Waals surface area (Å²) in [7, 11) is 0. The molecular weight excluding hydrogens is 246 g/mol. The first-order valence-corrected chi connectivity index (χ1v) is 5.65. The summed E-state index contributed by atoms with van der Waals surface area (Å²) in [5.74, 6) is 0.0735. The van der Waals surface area contributed by atoms with Crippen LogP contribution in [0.2, 0.25) is 0 Å². The zero-order chi connectivity index (χ0) is 12.4. The van der Waals surface area contributed by atoms with E-state index in [0.29, 0.717) is 5.76 Å². The average Bonchev–Trinajstić information content (AvgIpc) is 2.70. The second-order valence-electron chi connectivity index (χ2n) is 3.82. The molecule has 17 heavy (non-hydrogen) atoms. The first-order chi connectivity index (χ1) is 8.08. The normalized spacial score (nSPS) is 12.7. The van der Waals surface area contributed by atoms with E-state index in [1.165, 1.54) is 18.2 Å². The van der Waals surface area contributed by atoms with Gasteiger partial charge in [-0.25, -0.2) is 8.78 Å². The topological polar surface area (TPSA) is 13.1 Å². The van der Waals surface area contributed by atoms with Crippen LogP contribution in [0.3, 0.4) is 0 Å². The van der Waals surface area contributed by atoms with Gasteiger partial charge in [0.05, 0.1) is 5.38 Å². The average molecular weight is 257 g/mol. The molecular formula is C13H11ClF2O. The van der Waals surface area contributed by atoms with Crippen molar-refractivity contribution >= 4 is 11.6 Å². The van der Waals surface area contributed by atoms with Crippen LogP contribution in [0.4, 0.5) is 8.78 Å². The van der Waals surface area contributed by atoms with Crippen molar-refractivity contribution in [2.24, 2.45) is 0 Å². The van der Waals surface area contributed by atoms with Gasteiger partial charge in [0.1, 0.15) is 23.2 Å². The molecule has 1 heterocycles. The van der Waals surface area contributed by atoms with Crippen LogP contribution in [-0.4, -0.2) is 0 Å². The van der Waals surface area contributed by atoms with Crippen molar-refractivity contribution in [2.75, 3.05) is 0 Å². The minimum atomic E-state index is -0.584. The van der Waals surface area contributed by atoms with Crippen molar-refractivity contribution in [3.8, 4) is 0 Å². The summed E-state index contributed by atoms with van der Waals surface area (Å²) < 4.78 is 32.1. The first kappa shape index (κ1) is 12.1. The van der Waals surface area contributed by atoms with Crippen LogP contribution in [-0.2, 0) is 6.42 Å². The lowest BCUT2D eigenvalue weighted by atomic mass is 10.1. The number of alkyl halides is 1. The van der Waals surface area contributed by atoms with Crippen molar-refractivity contribution in [3.05, 3.63) is 59.1 Å². The highest BCUT2D eigenvalue weighted by Crippen LogP contribution is 2.28. The summed E-state index contributed by atoms with van der Waals surface area (Å²) in [5.41, 5.74) is -0.0125. The summed E-state index contributed by atoms with van der Waals surface area (Å²) >= 11 is 6.07. The van der Waals surface area contributed by atoms with Crippen LogP contribution >= 0.6 is 11.6 Å². The third kappa shape index (κ3) is 2.67. The van der Waals surface area contributed by atoms with Crippen LogP contribution in [0.1, 0.15) is 22.5 Å². The van der Waals surface area contributed by atoms with E-state index < -0.39 is 17.0 Å². The summed E-state index contributed by atoms with van der Waals surface area (Å²) in [4.78, 5) is 0. The van der Waals surface area contributed by atoms with Gasteiger partial charge < -0.3 is 4.42 Å². The molecule has 0 saturated heterocycles. The Bertz CT molecular complexity index is 502. The lowest BCUT2D eigenvalue weighted by molar-refractivity contribution is 0.471. The highest BCUT2D eigenvalue weighted by Gasteiger charge is 2.17. The molecule has 1 atom stereocenters. The van der Waals surface area contributed by atoms with Crippen molar-refractivity contribution in [2.45, 2.75) is 18.7 Å². The summed E-state index contributed by atoms with van der Waals surface area (Å²) in [6, 6.07) is 7.24. The Morgan fingerprint density at radius 2 is 1.82 bits per heavy atom. The highest BCUT2D eigenvalue weighted by atomic mass is 35.5. The lowest BCUT2D eigenvalue weighted by Gasteiger charge is -2.08. The highest BCUT2D eigenvalue weighted by molar-refractivity contribution is 6.20. The van der Waals surface area contributed by atoms with Crippen molar-refractivity contribution in [3.63, 3.8) is 0 Å². The molecule has 1 aromatic heterocycles. The van der Waals surface area contributed by atoms with Crippen LogP contribution in [0.5, 0.6) is 0 Å². The molecule has 1 aromatic carbocycles. The molecule has 0 saturated carbocycles. The molecule has 90 valence electrons. The smallest absolute Gasteiger partial charge is 0.129 e. The maximum atomic E-state index is 13.4. The van der Waals surface area contributed by atoms with E-state index in [4.69, 9.17) is 16.0 Å². The van der Waals surface area contributed by atoms with Crippen LogP contribution in [0.15, 0.2) is 34.7 Å². The molecule has 0 spiro atoms. The van der Waals surface area contributed by atoms with E-state index in [0.717, 1.165) is 5.76 Å². The molecule has 0 bridgehead atoms. The summed E-state index contributed by atoms with van der Waals surface area (Å²) in [6.07, 6.45) is 0.0625. The van der Waals surface area contributed by atoms with E-state index in [-0.39, 0.29) is 12.0 Å². The molecule has 0 aliphatic carbocycles. The molecule has 0 aliphatic heterocycles. The molecule has 4 heteroatoms. The number of aryl methyl sites for hydroxylation is 1. The van der Waals surface area contributed by atoms with Crippen molar-refractivity contribution < 1.29 is 13.2 Å². The fraction of sp³-hybridized carbons (Fsp3) is 0.231. The van der Waals surface area contributed by atoms with Crippen LogP contribution in [0, 0.1) is 18.6 Å².